The number of aliphatic hydroxyl groups is 1. The lowest BCUT2D eigenvalue weighted by Crippen LogP contribution is -2.25. The van der Waals surface area contributed by atoms with E-state index < -0.39 is 17.0 Å². The summed E-state index contributed by atoms with van der Waals surface area (Å²) in [5, 5.41) is 14.0. The maximum absolute atomic E-state index is 14.6. The Balaban J connectivity index is 1.79. The maximum Gasteiger partial charge on any atom is 0.279 e. The molecular weight excluding hydrogens is 369 g/mol. The molecule has 3 aromatic heterocycles. The Morgan fingerprint density at radius 3 is 2.93 bits per heavy atom. The molecule has 1 aromatic carbocycles. The number of hydrogen-bond donors (Lipinski definition) is 1. The molecule has 1 saturated carbocycles. The summed E-state index contributed by atoms with van der Waals surface area (Å²) in [5.74, 6) is -0.307. The summed E-state index contributed by atoms with van der Waals surface area (Å²) in [6.45, 7) is 0.406. The molecule has 1 fully saturated rings. The summed E-state index contributed by atoms with van der Waals surface area (Å²) < 4.78 is 27.7. The van der Waals surface area contributed by atoms with Crippen LogP contribution in [-0.4, -0.2) is 42.9 Å². The molecule has 28 heavy (non-hydrogen) atoms. The third kappa shape index (κ3) is 2.38. The van der Waals surface area contributed by atoms with Crippen molar-refractivity contribution in [3.05, 3.63) is 46.5 Å². The van der Waals surface area contributed by atoms with E-state index in [1.54, 1.807) is 12.1 Å². The van der Waals surface area contributed by atoms with Crippen molar-refractivity contribution in [2.75, 3.05) is 13.7 Å². The normalized spacial score (nSPS) is 15.5. The van der Waals surface area contributed by atoms with Gasteiger partial charge in [-0.2, -0.15) is 4.98 Å². The van der Waals surface area contributed by atoms with Crippen LogP contribution in [0.5, 0.6) is 0 Å². The van der Waals surface area contributed by atoms with E-state index in [0.717, 1.165) is 0 Å². The van der Waals surface area contributed by atoms with Crippen LogP contribution < -0.4 is 5.56 Å². The van der Waals surface area contributed by atoms with Crippen molar-refractivity contribution in [3.8, 4) is 11.6 Å². The standard InChI is InChI=1S/C18H16FN5O4/c1-27-8-7-23-13-10(19)3-2-4-11(13)24-9-20-12(14(24)16(23)25)15-21-17(22-28-15)18(26)5-6-18/h2-4,9,26H,5-8H2,1H3. The van der Waals surface area contributed by atoms with E-state index in [2.05, 4.69) is 15.1 Å². The second kappa shape index (κ2) is 5.94. The van der Waals surface area contributed by atoms with E-state index in [-0.39, 0.29) is 41.6 Å². The molecule has 0 atom stereocenters. The molecule has 144 valence electrons. The second-order valence-corrected chi connectivity index (χ2v) is 6.82. The topological polar surface area (TPSA) is 108 Å². The monoisotopic (exact) mass is 385 g/mol. The zero-order valence-electron chi connectivity index (χ0n) is 14.9. The van der Waals surface area contributed by atoms with Crippen molar-refractivity contribution >= 4 is 16.6 Å². The van der Waals surface area contributed by atoms with Gasteiger partial charge in [-0.05, 0) is 25.0 Å². The van der Waals surface area contributed by atoms with Gasteiger partial charge < -0.3 is 18.9 Å². The molecule has 0 saturated heterocycles. The number of benzene rings is 1. The quantitative estimate of drug-likeness (QED) is 0.554. The van der Waals surface area contributed by atoms with Crippen LogP contribution in [0.2, 0.25) is 0 Å². The zero-order chi connectivity index (χ0) is 19.5. The Morgan fingerprint density at radius 1 is 1.36 bits per heavy atom. The van der Waals surface area contributed by atoms with Gasteiger partial charge in [-0.3, -0.25) is 9.20 Å². The van der Waals surface area contributed by atoms with Crippen molar-refractivity contribution in [1.82, 2.24) is 24.1 Å². The van der Waals surface area contributed by atoms with Crippen LogP contribution in [0.3, 0.4) is 0 Å². The van der Waals surface area contributed by atoms with Gasteiger partial charge >= 0.3 is 0 Å². The molecule has 0 amide bonds. The molecule has 3 heterocycles. The highest BCUT2D eigenvalue weighted by molar-refractivity contribution is 5.83. The fraction of sp³-hybridized carbons (Fsp3) is 0.333. The number of imidazole rings is 1. The lowest BCUT2D eigenvalue weighted by atomic mass is 10.2. The van der Waals surface area contributed by atoms with E-state index in [4.69, 9.17) is 9.26 Å². The second-order valence-electron chi connectivity index (χ2n) is 6.82. The van der Waals surface area contributed by atoms with Gasteiger partial charge in [-0.15, -0.1) is 0 Å². The van der Waals surface area contributed by atoms with Crippen LogP contribution >= 0.6 is 0 Å². The number of rotatable bonds is 5. The Morgan fingerprint density at radius 2 is 2.18 bits per heavy atom. The van der Waals surface area contributed by atoms with Gasteiger partial charge in [-0.1, -0.05) is 11.2 Å². The van der Waals surface area contributed by atoms with E-state index in [9.17, 15) is 14.3 Å². The predicted octanol–water partition coefficient (Wildman–Crippen LogP) is 1.47. The first kappa shape index (κ1) is 17.0. The van der Waals surface area contributed by atoms with Crippen molar-refractivity contribution in [2.45, 2.75) is 25.0 Å². The average molecular weight is 385 g/mol. The molecule has 10 heteroatoms. The van der Waals surface area contributed by atoms with Crippen molar-refractivity contribution in [1.29, 1.82) is 0 Å². The van der Waals surface area contributed by atoms with Gasteiger partial charge in [0.2, 0.25) is 5.82 Å². The lowest BCUT2D eigenvalue weighted by molar-refractivity contribution is 0.137. The zero-order valence-corrected chi connectivity index (χ0v) is 14.9. The van der Waals surface area contributed by atoms with Gasteiger partial charge in [0.15, 0.2) is 5.69 Å². The lowest BCUT2D eigenvalue weighted by Gasteiger charge is -2.12. The van der Waals surface area contributed by atoms with Gasteiger partial charge in [0.1, 0.15) is 28.8 Å². The average Bonchev–Trinajstić information content (AvgIpc) is 3.11. The minimum atomic E-state index is -1.06. The third-order valence-corrected chi connectivity index (χ3v) is 5.00. The highest BCUT2D eigenvalue weighted by Gasteiger charge is 2.47. The minimum absolute atomic E-state index is 0.0315. The van der Waals surface area contributed by atoms with E-state index in [0.29, 0.717) is 18.4 Å². The fourth-order valence-electron chi connectivity index (χ4n) is 3.33. The molecule has 0 spiro atoms. The summed E-state index contributed by atoms with van der Waals surface area (Å²) in [5.41, 5.74) is -0.500. The van der Waals surface area contributed by atoms with Crippen LogP contribution in [0.4, 0.5) is 4.39 Å². The Labute approximate surface area is 157 Å². The summed E-state index contributed by atoms with van der Waals surface area (Å²) in [7, 11) is 1.51. The first-order valence-electron chi connectivity index (χ1n) is 8.77. The van der Waals surface area contributed by atoms with E-state index in [1.165, 1.54) is 28.5 Å². The van der Waals surface area contributed by atoms with Crippen LogP contribution in [0.15, 0.2) is 33.8 Å². The number of aromatic nitrogens is 5. The summed E-state index contributed by atoms with van der Waals surface area (Å²) >= 11 is 0. The number of nitrogens with zero attached hydrogens (tertiary/aromatic N) is 5. The fourth-order valence-corrected chi connectivity index (χ4v) is 3.33. The number of methoxy groups -OCH3 is 1. The van der Waals surface area contributed by atoms with Gasteiger partial charge in [-0.25, -0.2) is 9.37 Å². The molecule has 1 aliphatic carbocycles. The molecule has 0 aliphatic heterocycles. The summed E-state index contributed by atoms with van der Waals surface area (Å²) in [6, 6.07) is 4.57. The molecular formula is C18H16FN5O4. The summed E-state index contributed by atoms with van der Waals surface area (Å²) in [6.07, 6.45) is 2.54. The Bertz CT molecular complexity index is 1270. The SMILES string of the molecule is COCCn1c(=O)c2c(-c3nc(C4(O)CC4)no3)ncn2c2cccc(F)c21. The van der Waals surface area contributed by atoms with Crippen molar-refractivity contribution < 1.29 is 18.8 Å². The number of ether oxygens (including phenoxy) is 1. The molecule has 0 unspecified atom stereocenters. The smallest absolute Gasteiger partial charge is 0.279 e. The van der Waals surface area contributed by atoms with Gasteiger partial charge in [0.25, 0.3) is 11.4 Å². The first-order valence-corrected chi connectivity index (χ1v) is 8.77. The Hall–Kier alpha value is -3.11. The van der Waals surface area contributed by atoms with Crippen LogP contribution in [-0.2, 0) is 16.9 Å². The molecule has 1 N–H and O–H groups in total. The highest BCUT2D eigenvalue weighted by Crippen LogP contribution is 2.44. The third-order valence-electron chi connectivity index (χ3n) is 5.00. The van der Waals surface area contributed by atoms with E-state index in [1.807, 2.05) is 0 Å². The summed E-state index contributed by atoms with van der Waals surface area (Å²) in [4.78, 5) is 21.7. The molecule has 5 rings (SSSR count). The van der Waals surface area contributed by atoms with Crippen LogP contribution in [0, 0.1) is 5.82 Å². The predicted molar refractivity (Wildman–Crippen MR) is 95.2 cm³/mol. The van der Waals surface area contributed by atoms with Gasteiger partial charge in [0, 0.05) is 13.7 Å². The highest BCUT2D eigenvalue weighted by atomic mass is 19.1. The first-order chi connectivity index (χ1) is 13.5. The van der Waals surface area contributed by atoms with Crippen molar-refractivity contribution in [2.24, 2.45) is 0 Å². The molecule has 0 radical (unpaired) electrons. The molecule has 9 nitrogen and oxygen atoms in total. The van der Waals surface area contributed by atoms with E-state index >= 15 is 0 Å². The number of hydrogen-bond acceptors (Lipinski definition) is 7. The maximum atomic E-state index is 14.6. The van der Waals surface area contributed by atoms with Gasteiger partial charge in [0.05, 0.1) is 12.1 Å². The van der Waals surface area contributed by atoms with Crippen LogP contribution in [0.1, 0.15) is 18.7 Å². The number of para-hydroxylation sites is 1. The number of fused-ring (bicyclic) bond motifs is 3. The number of halogens is 1. The minimum Gasteiger partial charge on any atom is -0.383 e. The van der Waals surface area contributed by atoms with Crippen molar-refractivity contribution in [3.63, 3.8) is 0 Å². The largest absolute Gasteiger partial charge is 0.383 e. The Kier molecular flexibility index (Phi) is 3.61. The molecule has 1 aliphatic rings. The molecule has 0 bridgehead atoms. The molecule has 4 aromatic rings. The van der Waals surface area contributed by atoms with Crippen LogP contribution in [0.25, 0.3) is 28.1 Å².